The van der Waals surface area contributed by atoms with Crippen molar-refractivity contribution in [2.75, 3.05) is 33.7 Å². The van der Waals surface area contributed by atoms with Gasteiger partial charge in [0.2, 0.25) is 0 Å². The Kier molecular flexibility index (Phi) is 5.31. The van der Waals surface area contributed by atoms with Gasteiger partial charge in [-0.05, 0) is 18.2 Å². The van der Waals surface area contributed by atoms with Gasteiger partial charge < -0.3 is 14.2 Å². The second kappa shape index (κ2) is 6.53. The van der Waals surface area contributed by atoms with Crippen molar-refractivity contribution >= 4 is 15.8 Å². The van der Waals surface area contributed by atoms with Gasteiger partial charge in [0.15, 0.2) is 9.84 Å². The molecule has 0 atom stereocenters. The summed E-state index contributed by atoms with van der Waals surface area (Å²) >= 11 is 0. The molecule has 0 aliphatic heterocycles. The molecule has 0 fully saturated rings. The molecule has 106 valence electrons. The Morgan fingerprint density at radius 3 is 2.42 bits per heavy atom. The van der Waals surface area contributed by atoms with Crippen molar-refractivity contribution in [1.29, 1.82) is 0 Å². The van der Waals surface area contributed by atoms with Gasteiger partial charge in [0.1, 0.15) is 17.9 Å². The lowest BCUT2D eigenvalue weighted by Gasteiger charge is -2.11. The van der Waals surface area contributed by atoms with Gasteiger partial charge in [-0.25, -0.2) is 13.2 Å². The standard InChI is InChI=1S/C12H16O6S/c1-16-6-7-18-11-5-4-9(19(3,14)15)8-10(11)12(13)17-2/h4-5,8H,6-7H2,1-3H3. The molecule has 0 unspecified atom stereocenters. The Hall–Kier alpha value is -1.60. The predicted molar refractivity (Wildman–Crippen MR) is 68.3 cm³/mol. The van der Waals surface area contributed by atoms with Crippen molar-refractivity contribution < 1.29 is 27.4 Å². The molecule has 0 aliphatic carbocycles. The Bertz CT molecular complexity index is 549. The second-order valence-corrected chi connectivity index (χ2v) is 5.78. The molecule has 1 aromatic rings. The van der Waals surface area contributed by atoms with Crippen molar-refractivity contribution in [3.63, 3.8) is 0 Å². The summed E-state index contributed by atoms with van der Waals surface area (Å²) in [5, 5.41) is 0. The van der Waals surface area contributed by atoms with E-state index in [1.807, 2.05) is 0 Å². The van der Waals surface area contributed by atoms with Gasteiger partial charge >= 0.3 is 5.97 Å². The molecule has 0 radical (unpaired) electrons. The summed E-state index contributed by atoms with van der Waals surface area (Å²) in [6, 6.07) is 4.05. The van der Waals surface area contributed by atoms with E-state index in [9.17, 15) is 13.2 Å². The van der Waals surface area contributed by atoms with E-state index in [1.165, 1.54) is 32.4 Å². The molecule has 0 spiro atoms. The third kappa shape index (κ3) is 4.22. The third-order valence-corrected chi connectivity index (χ3v) is 3.44. The quantitative estimate of drug-likeness (QED) is 0.571. The average Bonchev–Trinajstić information content (AvgIpc) is 2.37. The number of rotatable bonds is 6. The summed E-state index contributed by atoms with van der Waals surface area (Å²) in [4.78, 5) is 11.7. The van der Waals surface area contributed by atoms with E-state index in [1.54, 1.807) is 0 Å². The molecule has 6 nitrogen and oxygen atoms in total. The van der Waals surface area contributed by atoms with Crippen molar-refractivity contribution in [1.82, 2.24) is 0 Å². The minimum absolute atomic E-state index is 0.0343. The molecule has 0 bridgehead atoms. The molecule has 0 heterocycles. The van der Waals surface area contributed by atoms with Crippen LogP contribution in [0.5, 0.6) is 5.75 Å². The molecule has 1 rings (SSSR count). The lowest BCUT2D eigenvalue weighted by Crippen LogP contribution is -2.10. The lowest BCUT2D eigenvalue weighted by atomic mass is 10.2. The number of benzene rings is 1. The minimum Gasteiger partial charge on any atom is -0.490 e. The van der Waals surface area contributed by atoms with Crippen LogP contribution in [0.1, 0.15) is 10.4 Å². The molecule has 7 heteroatoms. The van der Waals surface area contributed by atoms with Crippen LogP contribution in [-0.2, 0) is 19.3 Å². The zero-order chi connectivity index (χ0) is 14.5. The summed E-state index contributed by atoms with van der Waals surface area (Å²) in [5.41, 5.74) is 0.0709. The number of ether oxygens (including phenoxy) is 3. The molecule has 0 amide bonds. The minimum atomic E-state index is -3.40. The van der Waals surface area contributed by atoms with Gasteiger partial charge in [-0.15, -0.1) is 0 Å². The maximum atomic E-state index is 11.6. The number of hydrogen-bond donors (Lipinski definition) is 0. The molecular formula is C12H16O6S. The molecule has 19 heavy (non-hydrogen) atoms. The zero-order valence-electron chi connectivity index (χ0n) is 11.0. The fraction of sp³-hybridized carbons (Fsp3) is 0.417. The molecule has 1 aromatic carbocycles. The smallest absolute Gasteiger partial charge is 0.341 e. The van der Waals surface area contributed by atoms with E-state index >= 15 is 0 Å². The highest BCUT2D eigenvalue weighted by Crippen LogP contribution is 2.23. The predicted octanol–water partition coefficient (Wildman–Crippen LogP) is 0.902. The van der Waals surface area contributed by atoms with Gasteiger partial charge in [0, 0.05) is 13.4 Å². The fourth-order valence-corrected chi connectivity index (χ4v) is 2.02. The molecular weight excluding hydrogens is 272 g/mol. The summed E-state index contributed by atoms with van der Waals surface area (Å²) in [6.07, 6.45) is 1.06. The van der Waals surface area contributed by atoms with E-state index in [0.29, 0.717) is 6.61 Å². The summed E-state index contributed by atoms with van der Waals surface area (Å²) in [6.45, 7) is 0.604. The van der Waals surface area contributed by atoms with Crippen LogP contribution in [0.2, 0.25) is 0 Å². The normalized spacial score (nSPS) is 11.1. The SMILES string of the molecule is COCCOc1ccc(S(C)(=O)=O)cc1C(=O)OC. The maximum absolute atomic E-state index is 11.6. The van der Waals surface area contributed by atoms with Gasteiger partial charge in [-0.3, -0.25) is 0 Å². The monoisotopic (exact) mass is 288 g/mol. The highest BCUT2D eigenvalue weighted by Gasteiger charge is 2.17. The van der Waals surface area contributed by atoms with Crippen molar-refractivity contribution in [2.24, 2.45) is 0 Å². The van der Waals surface area contributed by atoms with Crippen LogP contribution in [0.25, 0.3) is 0 Å². The van der Waals surface area contributed by atoms with Gasteiger partial charge in [-0.2, -0.15) is 0 Å². The number of hydrogen-bond acceptors (Lipinski definition) is 6. The van der Waals surface area contributed by atoms with Gasteiger partial charge in [0.25, 0.3) is 0 Å². The maximum Gasteiger partial charge on any atom is 0.341 e. The first kappa shape index (κ1) is 15.5. The van der Waals surface area contributed by atoms with E-state index in [-0.39, 0.29) is 22.8 Å². The van der Waals surface area contributed by atoms with Crippen molar-refractivity contribution in [2.45, 2.75) is 4.90 Å². The number of sulfone groups is 1. The van der Waals surface area contributed by atoms with E-state index < -0.39 is 15.8 Å². The van der Waals surface area contributed by atoms with E-state index in [4.69, 9.17) is 9.47 Å². The average molecular weight is 288 g/mol. The first-order valence-electron chi connectivity index (χ1n) is 5.44. The van der Waals surface area contributed by atoms with Crippen LogP contribution in [0.4, 0.5) is 0 Å². The Balaban J connectivity index is 3.14. The summed E-state index contributed by atoms with van der Waals surface area (Å²) < 4.78 is 37.7. The molecule has 0 saturated heterocycles. The first-order valence-corrected chi connectivity index (χ1v) is 7.33. The molecule has 0 aromatic heterocycles. The van der Waals surface area contributed by atoms with Crippen molar-refractivity contribution in [3.8, 4) is 5.75 Å². The van der Waals surface area contributed by atoms with Gasteiger partial charge in [-0.1, -0.05) is 0 Å². The number of carbonyl (C=O) groups excluding carboxylic acids is 1. The van der Waals surface area contributed by atoms with E-state index in [2.05, 4.69) is 4.74 Å². The van der Waals surface area contributed by atoms with Crippen LogP contribution >= 0.6 is 0 Å². The van der Waals surface area contributed by atoms with Crippen LogP contribution < -0.4 is 4.74 Å². The highest BCUT2D eigenvalue weighted by molar-refractivity contribution is 7.90. The lowest BCUT2D eigenvalue weighted by molar-refractivity contribution is 0.0593. The Labute approximate surface area is 112 Å². The molecule has 0 aliphatic rings. The van der Waals surface area contributed by atoms with Crippen LogP contribution in [-0.4, -0.2) is 48.1 Å². The molecule has 0 N–H and O–H groups in total. The van der Waals surface area contributed by atoms with Crippen LogP contribution in [0.15, 0.2) is 23.1 Å². The fourth-order valence-electron chi connectivity index (χ4n) is 1.37. The third-order valence-electron chi connectivity index (χ3n) is 2.33. The zero-order valence-corrected chi connectivity index (χ0v) is 11.8. The summed E-state index contributed by atoms with van der Waals surface area (Å²) in [7, 11) is -0.655. The van der Waals surface area contributed by atoms with Crippen LogP contribution in [0.3, 0.4) is 0 Å². The Morgan fingerprint density at radius 2 is 1.89 bits per heavy atom. The second-order valence-electron chi connectivity index (χ2n) is 3.76. The van der Waals surface area contributed by atoms with Crippen LogP contribution in [0, 0.1) is 0 Å². The number of methoxy groups -OCH3 is 2. The topological polar surface area (TPSA) is 78.9 Å². The largest absolute Gasteiger partial charge is 0.490 e. The summed E-state index contributed by atoms with van der Waals surface area (Å²) in [5.74, 6) is -0.394. The number of esters is 1. The van der Waals surface area contributed by atoms with Crippen molar-refractivity contribution in [3.05, 3.63) is 23.8 Å². The Morgan fingerprint density at radius 1 is 1.21 bits per heavy atom. The van der Waals surface area contributed by atoms with Gasteiger partial charge in [0.05, 0.1) is 18.6 Å². The molecule has 0 saturated carbocycles. The highest BCUT2D eigenvalue weighted by atomic mass is 32.2. The number of carbonyl (C=O) groups is 1. The first-order chi connectivity index (χ1) is 8.90. The van der Waals surface area contributed by atoms with E-state index in [0.717, 1.165) is 6.26 Å².